The summed E-state index contributed by atoms with van der Waals surface area (Å²) in [5, 5.41) is 14.4. The number of halogens is 1. The molecule has 0 unspecified atom stereocenters. The van der Waals surface area contributed by atoms with Gasteiger partial charge in [-0.3, -0.25) is 14.5 Å². The second-order valence-corrected chi connectivity index (χ2v) is 7.11. The lowest BCUT2D eigenvalue weighted by atomic mass is 9.81. The van der Waals surface area contributed by atoms with E-state index in [0.29, 0.717) is 19.6 Å². The maximum absolute atomic E-state index is 12.0. The van der Waals surface area contributed by atoms with Crippen molar-refractivity contribution < 1.29 is 14.7 Å². The molecular weight excluding hydrogens is 324 g/mol. The number of rotatable bonds is 5. The summed E-state index contributed by atoms with van der Waals surface area (Å²) in [4.78, 5) is 26.7. The van der Waals surface area contributed by atoms with E-state index >= 15 is 0 Å². The molecule has 5 nitrogen and oxygen atoms in total. The highest BCUT2D eigenvalue weighted by Crippen LogP contribution is 2.48. The van der Waals surface area contributed by atoms with E-state index in [4.69, 9.17) is 0 Å². The van der Waals surface area contributed by atoms with E-state index in [9.17, 15) is 14.7 Å². The minimum atomic E-state index is -0.688. The van der Waals surface area contributed by atoms with Gasteiger partial charge in [0.15, 0.2) is 0 Å². The molecule has 7 heteroatoms. The van der Waals surface area contributed by atoms with Gasteiger partial charge in [-0.15, -0.1) is 23.7 Å². The Kier molecular flexibility index (Phi) is 5.47. The number of amides is 1. The summed E-state index contributed by atoms with van der Waals surface area (Å²) in [5.41, 5.74) is -0.603. The fourth-order valence-corrected chi connectivity index (χ4v) is 4.37. The summed E-state index contributed by atoms with van der Waals surface area (Å²) in [6.45, 7) is 2.10. The van der Waals surface area contributed by atoms with Gasteiger partial charge in [0, 0.05) is 18.0 Å². The van der Waals surface area contributed by atoms with Gasteiger partial charge in [0.2, 0.25) is 5.91 Å². The van der Waals surface area contributed by atoms with Gasteiger partial charge in [0.25, 0.3) is 0 Å². The second kappa shape index (κ2) is 6.98. The van der Waals surface area contributed by atoms with Gasteiger partial charge in [-0.2, -0.15) is 0 Å². The minimum absolute atomic E-state index is 0. The Balaban J connectivity index is 0.00000176. The van der Waals surface area contributed by atoms with Crippen LogP contribution in [0.5, 0.6) is 0 Å². The molecule has 2 aliphatic rings. The van der Waals surface area contributed by atoms with Crippen molar-refractivity contribution >= 4 is 35.6 Å². The van der Waals surface area contributed by atoms with Crippen LogP contribution in [0.15, 0.2) is 17.5 Å². The van der Waals surface area contributed by atoms with Crippen molar-refractivity contribution in [2.75, 3.05) is 19.6 Å². The number of carbonyl (C=O) groups is 2. The number of nitrogens with one attached hydrogen (secondary N) is 1. The first kappa shape index (κ1) is 17.2. The first-order valence-corrected chi connectivity index (χ1v) is 8.23. The number of thiophene rings is 1. The van der Waals surface area contributed by atoms with Crippen LogP contribution in [0, 0.1) is 11.3 Å². The summed E-state index contributed by atoms with van der Waals surface area (Å²) in [6.07, 6.45) is 2.72. The number of aliphatic carboxylic acids is 1. The number of carboxylic acids is 1. The van der Waals surface area contributed by atoms with Crippen LogP contribution in [0.4, 0.5) is 0 Å². The molecule has 1 aliphatic heterocycles. The summed E-state index contributed by atoms with van der Waals surface area (Å²) in [7, 11) is 0. The predicted molar refractivity (Wildman–Crippen MR) is 87.3 cm³/mol. The van der Waals surface area contributed by atoms with Gasteiger partial charge in [-0.1, -0.05) is 12.5 Å². The molecule has 1 saturated carbocycles. The van der Waals surface area contributed by atoms with Crippen LogP contribution < -0.4 is 5.32 Å². The molecule has 2 N–H and O–H groups in total. The summed E-state index contributed by atoms with van der Waals surface area (Å²) >= 11 is 1.62. The topological polar surface area (TPSA) is 69.6 Å². The standard InChI is InChI=1S/C15H20N2O3S.ClH/c18-13(16-7-12-4-2-6-21-12)9-17-8-11-3-1-5-15(11,10-17)14(19)20;/h2,4,6,11H,1,3,5,7-10H2,(H,16,18)(H,19,20);1H/t11-,15+;/m0./s1. The zero-order chi connectivity index (χ0) is 14.9. The molecule has 1 saturated heterocycles. The quantitative estimate of drug-likeness (QED) is 0.856. The van der Waals surface area contributed by atoms with E-state index in [0.717, 1.165) is 30.7 Å². The average molecular weight is 345 g/mol. The van der Waals surface area contributed by atoms with E-state index in [-0.39, 0.29) is 24.2 Å². The molecule has 0 spiro atoms. The highest BCUT2D eigenvalue weighted by Gasteiger charge is 2.54. The molecule has 0 radical (unpaired) electrons. The third-order valence-corrected chi connectivity index (χ3v) is 5.65. The van der Waals surface area contributed by atoms with Crippen molar-refractivity contribution in [1.82, 2.24) is 10.2 Å². The molecule has 1 aliphatic carbocycles. The largest absolute Gasteiger partial charge is 0.481 e. The van der Waals surface area contributed by atoms with E-state index in [2.05, 4.69) is 5.32 Å². The molecule has 0 bridgehead atoms. The number of hydrogen-bond acceptors (Lipinski definition) is 4. The third-order valence-electron chi connectivity index (χ3n) is 4.77. The Hall–Kier alpha value is -1.11. The molecular formula is C15H21ClN2O3S. The van der Waals surface area contributed by atoms with Crippen LogP contribution in [-0.2, 0) is 16.1 Å². The zero-order valence-corrected chi connectivity index (χ0v) is 13.9. The minimum Gasteiger partial charge on any atom is -0.481 e. The lowest BCUT2D eigenvalue weighted by Crippen LogP contribution is -2.39. The molecule has 1 aromatic heterocycles. The summed E-state index contributed by atoms with van der Waals surface area (Å²) in [6, 6.07) is 3.95. The molecule has 2 atom stereocenters. The Morgan fingerprint density at radius 2 is 2.32 bits per heavy atom. The van der Waals surface area contributed by atoms with E-state index < -0.39 is 11.4 Å². The summed E-state index contributed by atoms with van der Waals surface area (Å²) in [5.74, 6) is -0.504. The maximum Gasteiger partial charge on any atom is 0.311 e. The molecule has 2 fully saturated rings. The van der Waals surface area contributed by atoms with E-state index in [1.807, 2.05) is 22.4 Å². The van der Waals surface area contributed by atoms with Crippen LogP contribution in [0.3, 0.4) is 0 Å². The van der Waals surface area contributed by atoms with Gasteiger partial charge in [-0.25, -0.2) is 0 Å². The fourth-order valence-electron chi connectivity index (χ4n) is 3.72. The highest BCUT2D eigenvalue weighted by molar-refractivity contribution is 7.09. The van der Waals surface area contributed by atoms with Crippen molar-refractivity contribution in [2.45, 2.75) is 25.8 Å². The first-order chi connectivity index (χ1) is 10.1. The van der Waals surface area contributed by atoms with E-state index in [1.54, 1.807) is 11.3 Å². The third kappa shape index (κ3) is 3.29. The van der Waals surface area contributed by atoms with Gasteiger partial charge in [-0.05, 0) is 30.2 Å². The van der Waals surface area contributed by atoms with Gasteiger partial charge < -0.3 is 10.4 Å². The molecule has 3 rings (SSSR count). The number of hydrogen-bond donors (Lipinski definition) is 2. The van der Waals surface area contributed by atoms with Crippen molar-refractivity contribution in [3.63, 3.8) is 0 Å². The van der Waals surface area contributed by atoms with Crippen LogP contribution in [0.25, 0.3) is 0 Å². The Bertz CT molecular complexity index is 537. The summed E-state index contributed by atoms with van der Waals surface area (Å²) < 4.78 is 0. The van der Waals surface area contributed by atoms with Crippen molar-refractivity contribution in [2.24, 2.45) is 11.3 Å². The lowest BCUT2D eigenvalue weighted by Gasteiger charge is -2.23. The molecule has 1 amide bonds. The normalized spacial score (nSPS) is 27.2. The number of nitrogens with zero attached hydrogens (tertiary/aromatic N) is 1. The Labute approximate surface area is 140 Å². The first-order valence-electron chi connectivity index (χ1n) is 7.35. The Morgan fingerprint density at radius 1 is 1.50 bits per heavy atom. The van der Waals surface area contributed by atoms with Crippen molar-refractivity contribution in [3.8, 4) is 0 Å². The molecule has 122 valence electrons. The van der Waals surface area contributed by atoms with Crippen LogP contribution in [-0.4, -0.2) is 41.5 Å². The van der Waals surface area contributed by atoms with Crippen molar-refractivity contribution in [3.05, 3.63) is 22.4 Å². The highest BCUT2D eigenvalue weighted by atomic mass is 35.5. The van der Waals surface area contributed by atoms with Gasteiger partial charge in [0.05, 0.1) is 18.5 Å². The number of likely N-dealkylation sites (tertiary alicyclic amines) is 1. The van der Waals surface area contributed by atoms with Crippen LogP contribution in [0.1, 0.15) is 24.1 Å². The molecule has 2 heterocycles. The average Bonchev–Trinajstić information content (AvgIpc) is 3.11. The zero-order valence-electron chi connectivity index (χ0n) is 12.3. The number of carbonyl (C=O) groups excluding carboxylic acids is 1. The number of fused-ring (bicyclic) bond motifs is 1. The lowest BCUT2D eigenvalue weighted by molar-refractivity contribution is -0.149. The maximum atomic E-state index is 12.0. The predicted octanol–water partition coefficient (Wildman–Crippen LogP) is 1.97. The van der Waals surface area contributed by atoms with E-state index in [1.165, 1.54) is 0 Å². The van der Waals surface area contributed by atoms with Gasteiger partial charge >= 0.3 is 5.97 Å². The van der Waals surface area contributed by atoms with Gasteiger partial charge in [0.1, 0.15) is 0 Å². The van der Waals surface area contributed by atoms with Crippen LogP contribution in [0.2, 0.25) is 0 Å². The molecule has 1 aromatic rings. The van der Waals surface area contributed by atoms with Crippen molar-refractivity contribution in [1.29, 1.82) is 0 Å². The molecule has 22 heavy (non-hydrogen) atoms. The number of carboxylic acid groups (broad SMARTS) is 1. The molecule has 0 aromatic carbocycles. The second-order valence-electron chi connectivity index (χ2n) is 6.08. The fraction of sp³-hybridized carbons (Fsp3) is 0.600. The van der Waals surface area contributed by atoms with Crippen LogP contribution >= 0.6 is 23.7 Å². The monoisotopic (exact) mass is 344 g/mol. The smallest absolute Gasteiger partial charge is 0.311 e. The SMILES string of the molecule is Cl.O=C(CN1C[C@@H]2CCC[C@@]2(C(=O)O)C1)NCc1cccs1. The Morgan fingerprint density at radius 3 is 2.95 bits per heavy atom.